The lowest BCUT2D eigenvalue weighted by Crippen LogP contribution is -2.18. The van der Waals surface area contributed by atoms with Gasteiger partial charge in [-0.3, -0.25) is 4.90 Å². The first kappa shape index (κ1) is 9.69. The zero-order valence-corrected chi connectivity index (χ0v) is 8.58. The minimum atomic E-state index is 0.820. The van der Waals surface area contributed by atoms with Crippen LogP contribution in [0.4, 0.5) is 0 Å². The van der Waals surface area contributed by atoms with Gasteiger partial charge in [-0.15, -0.1) is 0 Å². The maximum absolute atomic E-state index is 5.48. The molecule has 2 nitrogen and oxygen atoms in total. The van der Waals surface area contributed by atoms with Crippen LogP contribution >= 0.6 is 0 Å². The molecule has 76 valence electrons. The first-order chi connectivity index (χ1) is 6.90. The average Bonchev–Trinajstić information content (AvgIpc) is 2.60. The van der Waals surface area contributed by atoms with Gasteiger partial charge in [0.1, 0.15) is 0 Å². The van der Waals surface area contributed by atoms with Crippen LogP contribution in [0.25, 0.3) is 0 Å². The summed E-state index contributed by atoms with van der Waals surface area (Å²) in [5.74, 6) is 0. The van der Waals surface area contributed by atoms with Gasteiger partial charge in [-0.25, -0.2) is 0 Å². The summed E-state index contributed by atoms with van der Waals surface area (Å²) in [4.78, 5) is 2.50. The summed E-state index contributed by atoms with van der Waals surface area (Å²) in [6.07, 6.45) is 2.37. The number of benzene rings is 1. The van der Waals surface area contributed by atoms with E-state index in [0.29, 0.717) is 0 Å². The van der Waals surface area contributed by atoms with E-state index in [1.165, 1.54) is 24.1 Å². The molecular weight excluding hydrogens is 172 g/mol. The molecule has 0 saturated heterocycles. The van der Waals surface area contributed by atoms with E-state index >= 15 is 0 Å². The van der Waals surface area contributed by atoms with E-state index in [-0.39, 0.29) is 0 Å². The second-order valence-electron chi connectivity index (χ2n) is 3.98. The standard InChI is InChI=1S/C12H18N2/c13-7-3-4-8-14-9-11-5-1-2-6-12(11)10-14/h1-2,5-6H,3-4,7-10,13H2. The highest BCUT2D eigenvalue weighted by molar-refractivity contribution is 5.30. The molecule has 1 aromatic rings. The maximum atomic E-state index is 5.48. The Kier molecular flexibility index (Phi) is 3.17. The highest BCUT2D eigenvalue weighted by Crippen LogP contribution is 2.21. The molecule has 0 radical (unpaired) electrons. The van der Waals surface area contributed by atoms with Gasteiger partial charge in [-0.2, -0.15) is 0 Å². The summed E-state index contributed by atoms with van der Waals surface area (Å²) >= 11 is 0. The smallest absolute Gasteiger partial charge is 0.0240 e. The Bertz CT molecular complexity index is 271. The molecule has 1 heterocycles. The van der Waals surface area contributed by atoms with Crippen molar-refractivity contribution in [1.82, 2.24) is 4.90 Å². The third kappa shape index (κ3) is 2.14. The fourth-order valence-corrected chi connectivity index (χ4v) is 2.04. The van der Waals surface area contributed by atoms with Gasteiger partial charge in [0.15, 0.2) is 0 Å². The maximum Gasteiger partial charge on any atom is 0.0240 e. The van der Waals surface area contributed by atoms with Crippen LogP contribution < -0.4 is 5.73 Å². The van der Waals surface area contributed by atoms with Gasteiger partial charge in [-0.1, -0.05) is 24.3 Å². The molecule has 2 heteroatoms. The number of hydrogen-bond acceptors (Lipinski definition) is 2. The summed E-state index contributed by atoms with van der Waals surface area (Å²) < 4.78 is 0. The minimum absolute atomic E-state index is 0.820. The molecular formula is C12H18N2. The van der Waals surface area contributed by atoms with E-state index in [1.54, 1.807) is 0 Å². The second kappa shape index (κ2) is 4.58. The minimum Gasteiger partial charge on any atom is -0.330 e. The number of nitrogens with two attached hydrogens (primary N) is 1. The van der Waals surface area contributed by atoms with Crippen molar-refractivity contribution in [1.29, 1.82) is 0 Å². The summed E-state index contributed by atoms with van der Waals surface area (Å²) in [6, 6.07) is 8.72. The lowest BCUT2D eigenvalue weighted by molar-refractivity contribution is 0.278. The van der Waals surface area contributed by atoms with Crippen molar-refractivity contribution in [2.75, 3.05) is 13.1 Å². The Morgan fingerprint density at radius 3 is 2.29 bits per heavy atom. The number of nitrogens with zero attached hydrogens (tertiary/aromatic N) is 1. The van der Waals surface area contributed by atoms with Gasteiger partial charge in [0, 0.05) is 13.1 Å². The fraction of sp³-hybridized carbons (Fsp3) is 0.500. The number of unbranched alkanes of at least 4 members (excludes halogenated alkanes) is 1. The average molecular weight is 190 g/mol. The molecule has 0 aromatic heterocycles. The molecule has 14 heavy (non-hydrogen) atoms. The van der Waals surface area contributed by atoms with Crippen LogP contribution in [-0.4, -0.2) is 18.0 Å². The monoisotopic (exact) mass is 190 g/mol. The molecule has 0 amide bonds. The molecule has 2 N–H and O–H groups in total. The van der Waals surface area contributed by atoms with E-state index in [4.69, 9.17) is 5.73 Å². The lowest BCUT2D eigenvalue weighted by atomic mass is 10.1. The molecule has 0 atom stereocenters. The van der Waals surface area contributed by atoms with Crippen molar-refractivity contribution in [3.8, 4) is 0 Å². The Hall–Kier alpha value is -0.860. The summed E-state index contributed by atoms with van der Waals surface area (Å²) in [6.45, 7) is 4.26. The first-order valence-electron chi connectivity index (χ1n) is 5.39. The SMILES string of the molecule is NCCCCN1Cc2ccccc2C1. The van der Waals surface area contributed by atoms with Gasteiger partial charge in [0.25, 0.3) is 0 Å². The van der Waals surface area contributed by atoms with E-state index in [0.717, 1.165) is 26.1 Å². The molecule has 0 fully saturated rings. The van der Waals surface area contributed by atoms with E-state index < -0.39 is 0 Å². The van der Waals surface area contributed by atoms with Crippen molar-refractivity contribution in [3.05, 3.63) is 35.4 Å². The molecule has 0 saturated carbocycles. The summed E-state index contributed by atoms with van der Waals surface area (Å²) in [5.41, 5.74) is 8.48. The number of fused-ring (bicyclic) bond motifs is 1. The van der Waals surface area contributed by atoms with Gasteiger partial charge in [0.05, 0.1) is 0 Å². The third-order valence-electron chi connectivity index (χ3n) is 2.83. The van der Waals surface area contributed by atoms with Gasteiger partial charge in [-0.05, 0) is 37.1 Å². The quantitative estimate of drug-likeness (QED) is 0.733. The van der Waals surface area contributed by atoms with Crippen LogP contribution in [-0.2, 0) is 13.1 Å². The van der Waals surface area contributed by atoms with Crippen molar-refractivity contribution in [2.45, 2.75) is 25.9 Å². The van der Waals surface area contributed by atoms with Gasteiger partial charge < -0.3 is 5.73 Å². The molecule has 1 aliphatic rings. The molecule has 0 aliphatic carbocycles. The number of rotatable bonds is 4. The zero-order chi connectivity index (χ0) is 9.80. The number of hydrogen-bond donors (Lipinski definition) is 1. The van der Waals surface area contributed by atoms with Crippen molar-refractivity contribution in [2.24, 2.45) is 5.73 Å². The normalized spacial score (nSPS) is 15.8. The van der Waals surface area contributed by atoms with Gasteiger partial charge in [0.2, 0.25) is 0 Å². The van der Waals surface area contributed by atoms with Crippen LogP contribution in [0.1, 0.15) is 24.0 Å². The van der Waals surface area contributed by atoms with Crippen molar-refractivity contribution < 1.29 is 0 Å². The lowest BCUT2D eigenvalue weighted by Gasteiger charge is -2.13. The molecule has 0 bridgehead atoms. The summed E-state index contributed by atoms with van der Waals surface area (Å²) in [5, 5.41) is 0. The summed E-state index contributed by atoms with van der Waals surface area (Å²) in [7, 11) is 0. The Balaban J connectivity index is 1.86. The van der Waals surface area contributed by atoms with E-state index in [2.05, 4.69) is 29.2 Å². The molecule has 2 rings (SSSR count). The zero-order valence-electron chi connectivity index (χ0n) is 8.58. The first-order valence-corrected chi connectivity index (χ1v) is 5.39. The predicted molar refractivity (Wildman–Crippen MR) is 58.8 cm³/mol. The highest BCUT2D eigenvalue weighted by Gasteiger charge is 2.16. The Labute approximate surface area is 85.7 Å². The van der Waals surface area contributed by atoms with Gasteiger partial charge >= 0.3 is 0 Å². The van der Waals surface area contributed by atoms with Crippen LogP contribution in [0, 0.1) is 0 Å². The molecule has 0 unspecified atom stereocenters. The third-order valence-corrected chi connectivity index (χ3v) is 2.83. The molecule has 1 aliphatic heterocycles. The van der Waals surface area contributed by atoms with Crippen LogP contribution in [0.5, 0.6) is 0 Å². The Morgan fingerprint density at radius 1 is 1.07 bits per heavy atom. The van der Waals surface area contributed by atoms with E-state index in [1.807, 2.05) is 0 Å². The van der Waals surface area contributed by atoms with Crippen LogP contribution in [0.15, 0.2) is 24.3 Å². The topological polar surface area (TPSA) is 29.3 Å². The fourth-order valence-electron chi connectivity index (χ4n) is 2.04. The predicted octanol–water partition coefficient (Wildman–Crippen LogP) is 1.74. The molecule has 0 spiro atoms. The van der Waals surface area contributed by atoms with Crippen molar-refractivity contribution >= 4 is 0 Å². The second-order valence-corrected chi connectivity index (χ2v) is 3.98. The highest BCUT2D eigenvalue weighted by atomic mass is 15.1. The van der Waals surface area contributed by atoms with E-state index in [9.17, 15) is 0 Å². The van der Waals surface area contributed by atoms with Crippen molar-refractivity contribution in [3.63, 3.8) is 0 Å². The molecule has 1 aromatic carbocycles. The van der Waals surface area contributed by atoms with Crippen LogP contribution in [0.2, 0.25) is 0 Å². The Morgan fingerprint density at radius 2 is 1.71 bits per heavy atom. The largest absolute Gasteiger partial charge is 0.330 e. The van der Waals surface area contributed by atoms with Crippen LogP contribution in [0.3, 0.4) is 0 Å².